The van der Waals surface area contributed by atoms with E-state index >= 15 is 14.4 Å². The first-order chi connectivity index (χ1) is 24.6. The van der Waals surface area contributed by atoms with Gasteiger partial charge in [-0.05, 0) is 79.3 Å². The van der Waals surface area contributed by atoms with E-state index < -0.39 is 40.4 Å². The lowest BCUT2D eigenvalue weighted by molar-refractivity contribution is -0.130. The first kappa shape index (κ1) is 32.3. The van der Waals surface area contributed by atoms with Crippen molar-refractivity contribution >= 4 is 40.4 Å². The summed E-state index contributed by atoms with van der Waals surface area (Å²) in [7, 11) is 0. The Labute approximate surface area is 297 Å². The number of esters is 1. The van der Waals surface area contributed by atoms with Crippen molar-refractivity contribution < 1.29 is 23.9 Å². The highest BCUT2D eigenvalue weighted by Gasteiger charge is 2.82. The number of fused-ring (bicyclic) bond motifs is 5. The fourth-order valence-electron chi connectivity index (χ4n) is 8.87. The Balaban J connectivity index is 1.48. The van der Waals surface area contributed by atoms with E-state index in [2.05, 4.69) is 0 Å². The fraction of sp³-hybridized carbons (Fsp3) is 0.200. The summed E-state index contributed by atoms with van der Waals surface area (Å²) in [6, 6.07) is 41.6. The SMILES string of the molecule is Cc1ccc(C2=C(c3ccc(C)cc3)[C@@]3(c4ccccc4)C(=O)[C@@]2(c2ccccc2)[C@@H]2C(=O)N(c4cccc(C(=O)OC(C)C)c4)C(=O)[C@H]23)cc1. The predicted molar refractivity (Wildman–Crippen MR) is 197 cm³/mol. The summed E-state index contributed by atoms with van der Waals surface area (Å²) in [4.78, 5) is 60.8. The molecule has 2 bridgehead atoms. The van der Waals surface area contributed by atoms with E-state index in [1.54, 1.807) is 32.0 Å². The van der Waals surface area contributed by atoms with Crippen molar-refractivity contribution in [3.8, 4) is 0 Å². The summed E-state index contributed by atoms with van der Waals surface area (Å²) in [5, 5.41) is 0. The summed E-state index contributed by atoms with van der Waals surface area (Å²) in [6.45, 7) is 7.56. The minimum absolute atomic E-state index is 0.177. The molecule has 51 heavy (non-hydrogen) atoms. The maximum atomic E-state index is 16.1. The molecular formula is C45H37NO5. The monoisotopic (exact) mass is 671 g/mol. The second-order valence-electron chi connectivity index (χ2n) is 14.1. The van der Waals surface area contributed by atoms with Gasteiger partial charge in [0.1, 0.15) is 0 Å². The molecule has 0 radical (unpaired) electrons. The molecule has 1 saturated carbocycles. The Kier molecular flexibility index (Phi) is 7.53. The van der Waals surface area contributed by atoms with E-state index in [0.717, 1.165) is 33.4 Å². The van der Waals surface area contributed by atoms with Gasteiger partial charge >= 0.3 is 5.97 Å². The average molecular weight is 672 g/mol. The summed E-state index contributed by atoms with van der Waals surface area (Å²) in [5.74, 6) is -3.78. The Morgan fingerprint density at radius 2 is 1.06 bits per heavy atom. The molecule has 2 aliphatic carbocycles. The van der Waals surface area contributed by atoms with Gasteiger partial charge in [-0.15, -0.1) is 0 Å². The Morgan fingerprint density at radius 1 is 0.608 bits per heavy atom. The third-order valence-electron chi connectivity index (χ3n) is 10.8. The molecule has 0 N–H and O–H groups in total. The molecule has 1 saturated heterocycles. The largest absolute Gasteiger partial charge is 0.459 e. The lowest BCUT2D eigenvalue weighted by Crippen LogP contribution is -2.45. The number of carbonyl (C=O) groups is 4. The number of allylic oxidation sites excluding steroid dienone is 2. The van der Waals surface area contributed by atoms with E-state index in [9.17, 15) is 4.79 Å². The van der Waals surface area contributed by atoms with Crippen molar-refractivity contribution in [2.24, 2.45) is 11.8 Å². The van der Waals surface area contributed by atoms with Crippen molar-refractivity contribution in [3.05, 3.63) is 172 Å². The van der Waals surface area contributed by atoms with Gasteiger partial charge in [0.15, 0.2) is 5.78 Å². The van der Waals surface area contributed by atoms with Crippen molar-refractivity contribution in [1.29, 1.82) is 0 Å². The zero-order valence-electron chi connectivity index (χ0n) is 28.9. The van der Waals surface area contributed by atoms with Gasteiger partial charge in [0, 0.05) is 0 Å². The third-order valence-corrected chi connectivity index (χ3v) is 10.8. The van der Waals surface area contributed by atoms with Crippen LogP contribution in [0.1, 0.15) is 57.6 Å². The average Bonchev–Trinajstić information content (AvgIpc) is 3.65. The van der Waals surface area contributed by atoms with Crippen LogP contribution in [-0.4, -0.2) is 29.7 Å². The maximum Gasteiger partial charge on any atom is 0.338 e. The minimum Gasteiger partial charge on any atom is -0.459 e. The number of Topliss-reactive ketones (excluding diaryl/α,β-unsaturated/α-hetero) is 1. The van der Waals surface area contributed by atoms with Gasteiger partial charge in [0.25, 0.3) is 0 Å². The molecule has 0 spiro atoms. The zero-order valence-corrected chi connectivity index (χ0v) is 28.9. The molecular weight excluding hydrogens is 634 g/mol. The molecule has 3 aliphatic rings. The van der Waals surface area contributed by atoms with Crippen molar-refractivity contribution in [1.82, 2.24) is 0 Å². The van der Waals surface area contributed by atoms with Crippen molar-refractivity contribution in [3.63, 3.8) is 0 Å². The number of imide groups is 1. The second kappa shape index (κ2) is 11.9. The van der Waals surface area contributed by atoms with Crippen LogP contribution in [0, 0.1) is 25.7 Å². The Bertz CT molecular complexity index is 2130. The van der Waals surface area contributed by atoms with Crippen molar-refractivity contribution in [2.45, 2.75) is 44.6 Å². The van der Waals surface area contributed by atoms with Crippen LogP contribution in [0.25, 0.3) is 11.1 Å². The summed E-state index contributed by atoms with van der Waals surface area (Å²) in [5.41, 5.74) is 4.05. The summed E-state index contributed by atoms with van der Waals surface area (Å²) < 4.78 is 5.45. The molecule has 2 fully saturated rings. The lowest BCUT2D eigenvalue weighted by Gasteiger charge is -2.39. The lowest BCUT2D eigenvalue weighted by atomic mass is 9.59. The highest BCUT2D eigenvalue weighted by molar-refractivity contribution is 6.39. The van der Waals surface area contributed by atoms with Crippen LogP contribution in [0.3, 0.4) is 0 Å². The number of rotatable bonds is 7. The summed E-state index contributed by atoms with van der Waals surface area (Å²) in [6.07, 6.45) is -0.347. The third kappa shape index (κ3) is 4.48. The Morgan fingerprint density at radius 3 is 1.49 bits per heavy atom. The van der Waals surface area contributed by atoms with Gasteiger partial charge in [-0.3, -0.25) is 14.4 Å². The highest BCUT2D eigenvalue weighted by Crippen LogP contribution is 2.74. The molecule has 1 heterocycles. The van der Waals surface area contributed by atoms with Crippen LogP contribution in [0.4, 0.5) is 5.69 Å². The number of benzene rings is 5. The molecule has 5 aromatic rings. The summed E-state index contributed by atoms with van der Waals surface area (Å²) >= 11 is 0. The highest BCUT2D eigenvalue weighted by atomic mass is 16.5. The first-order valence-electron chi connectivity index (χ1n) is 17.4. The van der Waals surface area contributed by atoms with Gasteiger partial charge < -0.3 is 4.74 Å². The Hall–Kier alpha value is -5.88. The second-order valence-corrected chi connectivity index (χ2v) is 14.1. The van der Waals surface area contributed by atoms with Crippen LogP contribution in [-0.2, 0) is 30.0 Å². The zero-order chi connectivity index (χ0) is 35.7. The van der Waals surface area contributed by atoms with E-state index in [1.807, 2.05) is 123 Å². The van der Waals surface area contributed by atoms with Crippen LogP contribution >= 0.6 is 0 Å². The molecule has 4 atom stereocenters. The molecule has 252 valence electrons. The number of nitrogens with zero attached hydrogens (tertiary/aromatic N) is 1. The number of carbonyl (C=O) groups excluding carboxylic acids is 4. The molecule has 6 heteroatoms. The molecule has 0 unspecified atom stereocenters. The maximum absolute atomic E-state index is 16.1. The van der Waals surface area contributed by atoms with Gasteiger partial charge in [-0.1, -0.05) is 126 Å². The molecule has 0 aromatic heterocycles. The number of aryl methyl sites for hydroxylation is 2. The van der Waals surface area contributed by atoms with Crippen molar-refractivity contribution in [2.75, 3.05) is 4.90 Å². The van der Waals surface area contributed by atoms with Crippen LogP contribution in [0.2, 0.25) is 0 Å². The normalized spacial score (nSPS) is 23.7. The van der Waals surface area contributed by atoms with E-state index in [4.69, 9.17) is 4.74 Å². The number of hydrogen-bond donors (Lipinski definition) is 0. The van der Waals surface area contributed by atoms with Crippen LogP contribution < -0.4 is 4.90 Å². The standard InChI is InChI=1S/C45H37NO5/c1-27(2)51-42(49)32-12-11-17-35(26-32)46-40(47)38-39(41(46)48)45(34-15-9-6-10-16-34)37(31-24-20-29(4)21-25-31)36(30-22-18-28(3)19-23-30)44(38,43(45)50)33-13-7-5-8-14-33/h5-27,38-39H,1-4H3/t38-,39-,44+,45+/m0/s1. The fourth-order valence-corrected chi connectivity index (χ4v) is 8.87. The number of amides is 2. The van der Waals surface area contributed by atoms with Gasteiger partial charge in [0.2, 0.25) is 11.8 Å². The number of anilines is 1. The number of hydrogen-bond acceptors (Lipinski definition) is 5. The molecule has 8 rings (SSSR count). The molecule has 5 aromatic carbocycles. The number of ether oxygens (including phenoxy) is 1. The minimum atomic E-state index is -1.51. The predicted octanol–water partition coefficient (Wildman–Crippen LogP) is 8.06. The van der Waals surface area contributed by atoms with Gasteiger partial charge in [0.05, 0.1) is 40.0 Å². The van der Waals surface area contributed by atoms with Crippen LogP contribution in [0.15, 0.2) is 133 Å². The first-order valence-corrected chi connectivity index (χ1v) is 17.4. The van der Waals surface area contributed by atoms with E-state index in [1.165, 1.54) is 11.0 Å². The molecule has 6 nitrogen and oxygen atoms in total. The topological polar surface area (TPSA) is 80.8 Å². The quantitative estimate of drug-likeness (QED) is 0.129. The smallest absolute Gasteiger partial charge is 0.338 e. The van der Waals surface area contributed by atoms with Gasteiger partial charge in [-0.2, -0.15) is 0 Å². The molecule has 1 aliphatic heterocycles. The number of ketones is 1. The van der Waals surface area contributed by atoms with E-state index in [-0.39, 0.29) is 23.1 Å². The van der Waals surface area contributed by atoms with E-state index in [0.29, 0.717) is 11.1 Å². The molecule has 2 amide bonds. The van der Waals surface area contributed by atoms with Crippen LogP contribution in [0.5, 0.6) is 0 Å². The van der Waals surface area contributed by atoms with Gasteiger partial charge in [-0.25, -0.2) is 9.69 Å².